The topological polar surface area (TPSA) is 68.0 Å². The van der Waals surface area contributed by atoms with Gasteiger partial charge in [-0.15, -0.1) is 21.5 Å². The molecule has 0 aliphatic heterocycles. The lowest BCUT2D eigenvalue weighted by atomic mass is 9.90. The van der Waals surface area contributed by atoms with Crippen LogP contribution in [0.4, 0.5) is 0 Å². The van der Waals surface area contributed by atoms with Gasteiger partial charge in [-0.1, -0.05) is 32.5 Å². The van der Waals surface area contributed by atoms with Gasteiger partial charge in [-0.3, -0.25) is 4.79 Å². The van der Waals surface area contributed by atoms with Gasteiger partial charge in [-0.25, -0.2) is 0 Å². The maximum absolute atomic E-state index is 12.1. The van der Waals surface area contributed by atoms with E-state index >= 15 is 0 Å². The van der Waals surface area contributed by atoms with Crippen molar-refractivity contribution in [1.29, 1.82) is 0 Å². The van der Waals surface area contributed by atoms with Crippen molar-refractivity contribution in [1.82, 2.24) is 15.5 Å². The van der Waals surface area contributed by atoms with Gasteiger partial charge in [0.1, 0.15) is 0 Å². The molecule has 1 aliphatic carbocycles. The predicted octanol–water partition coefficient (Wildman–Crippen LogP) is 4.96. The molecule has 0 bridgehead atoms. The number of carbonyl (C=O) groups excluding carboxylic acids is 1. The minimum atomic E-state index is 0.0107. The second-order valence-corrected chi connectivity index (χ2v) is 10.1. The van der Waals surface area contributed by atoms with Crippen LogP contribution < -0.4 is 5.32 Å². The van der Waals surface area contributed by atoms with E-state index in [1.165, 1.54) is 28.6 Å². The number of amides is 1. The molecule has 0 saturated heterocycles. The summed E-state index contributed by atoms with van der Waals surface area (Å²) in [7, 11) is 0. The summed E-state index contributed by atoms with van der Waals surface area (Å²) in [6.45, 7) is 8.75. The fraction of sp³-hybridized carbons (Fsp3) is 0.650. The third kappa shape index (κ3) is 5.82. The first-order valence-electron chi connectivity index (χ1n) is 9.78. The molecule has 1 aliphatic rings. The highest BCUT2D eigenvalue weighted by molar-refractivity contribution is 7.99. The summed E-state index contributed by atoms with van der Waals surface area (Å²) < 4.78 is 5.78. The molecule has 0 unspecified atom stereocenters. The van der Waals surface area contributed by atoms with Gasteiger partial charge in [-0.05, 0) is 62.5 Å². The zero-order valence-electron chi connectivity index (χ0n) is 16.6. The lowest BCUT2D eigenvalue weighted by Crippen LogP contribution is -2.34. The molecule has 27 heavy (non-hydrogen) atoms. The second kappa shape index (κ2) is 9.24. The Bertz CT molecular complexity index is 769. The van der Waals surface area contributed by atoms with E-state index in [1.54, 1.807) is 11.3 Å². The standard InChI is InChI=1S/C20H29N3O2S2/c1-12(2)5-7-14(4)21-18(24)11-26-20-23-22-19(25-20)17-10-15-9-13(3)6-8-16(15)27-17/h10,12-14H,5-9,11H2,1-4H3,(H,21,24)/t13-,14+/m0/s1. The van der Waals surface area contributed by atoms with Crippen molar-refractivity contribution >= 4 is 29.0 Å². The Hall–Kier alpha value is -1.34. The van der Waals surface area contributed by atoms with E-state index in [0.717, 1.165) is 36.5 Å². The molecule has 0 fully saturated rings. The number of hydrogen-bond donors (Lipinski definition) is 1. The van der Waals surface area contributed by atoms with Gasteiger partial charge in [0.2, 0.25) is 5.91 Å². The molecule has 0 saturated carbocycles. The van der Waals surface area contributed by atoms with E-state index in [-0.39, 0.29) is 11.9 Å². The number of rotatable bonds is 8. The van der Waals surface area contributed by atoms with Gasteiger partial charge in [0.15, 0.2) is 0 Å². The second-order valence-electron chi connectivity index (χ2n) is 8.01. The zero-order chi connectivity index (χ0) is 19.4. The number of aryl methyl sites for hydroxylation is 1. The van der Waals surface area contributed by atoms with Crippen molar-refractivity contribution in [2.24, 2.45) is 11.8 Å². The molecule has 0 radical (unpaired) electrons. The first kappa shape index (κ1) is 20.4. The van der Waals surface area contributed by atoms with Crippen molar-refractivity contribution in [2.45, 2.75) is 71.1 Å². The average molecular weight is 408 g/mol. The number of nitrogens with zero attached hydrogens (tertiary/aromatic N) is 2. The van der Waals surface area contributed by atoms with Gasteiger partial charge in [0.25, 0.3) is 11.1 Å². The highest BCUT2D eigenvalue weighted by Gasteiger charge is 2.21. The van der Waals surface area contributed by atoms with Crippen molar-refractivity contribution in [3.8, 4) is 10.8 Å². The smallest absolute Gasteiger partial charge is 0.277 e. The molecule has 2 atom stereocenters. The van der Waals surface area contributed by atoms with Crippen molar-refractivity contribution < 1.29 is 9.21 Å². The first-order chi connectivity index (χ1) is 12.9. The molecule has 2 aromatic rings. The fourth-order valence-electron chi connectivity index (χ4n) is 3.28. The number of aromatic nitrogens is 2. The molecule has 1 amide bonds. The van der Waals surface area contributed by atoms with Crippen molar-refractivity contribution in [3.05, 3.63) is 16.5 Å². The van der Waals surface area contributed by atoms with Gasteiger partial charge >= 0.3 is 0 Å². The van der Waals surface area contributed by atoms with Gasteiger partial charge in [-0.2, -0.15) is 0 Å². The molecule has 1 N–H and O–H groups in total. The number of thioether (sulfide) groups is 1. The highest BCUT2D eigenvalue weighted by atomic mass is 32.2. The number of nitrogens with one attached hydrogen (secondary N) is 1. The van der Waals surface area contributed by atoms with Crippen LogP contribution in [-0.4, -0.2) is 27.9 Å². The molecule has 3 rings (SSSR count). The summed E-state index contributed by atoms with van der Waals surface area (Å²) in [5.41, 5.74) is 1.43. The van der Waals surface area contributed by atoms with Crippen LogP contribution in [0.3, 0.4) is 0 Å². The third-order valence-corrected chi connectivity index (χ3v) is 6.90. The third-order valence-electron chi connectivity index (χ3n) is 4.86. The molecule has 2 heterocycles. The van der Waals surface area contributed by atoms with Crippen LogP contribution in [0.1, 0.15) is 57.4 Å². The predicted molar refractivity (Wildman–Crippen MR) is 111 cm³/mol. The van der Waals surface area contributed by atoms with Gasteiger partial charge in [0, 0.05) is 10.9 Å². The number of hydrogen-bond acceptors (Lipinski definition) is 6. The molecule has 148 valence electrons. The average Bonchev–Trinajstić information content (AvgIpc) is 3.24. The molecular weight excluding hydrogens is 378 g/mol. The fourth-order valence-corrected chi connectivity index (χ4v) is 4.98. The molecule has 0 spiro atoms. The summed E-state index contributed by atoms with van der Waals surface area (Å²) >= 11 is 3.06. The highest BCUT2D eigenvalue weighted by Crippen LogP contribution is 2.37. The van der Waals surface area contributed by atoms with Gasteiger partial charge in [0.05, 0.1) is 10.6 Å². The summed E-state index contributed by atoms with van der Waals surface area (Å²) in [6, 6.07) is 2.39. The number of carbonyl (C=O) groups is 1. The van der Waals surface area contributed by atoms with Crippen LogP contribution in [0.2, 0.25) is 0 Å². The van der Waals surface area contributed by atoms with Crippen LogP contribution in [-0.2, 0) is 17.6 Å². The summed E-state index contributed by atoms with van der Waals surface area (Å²) in [5.74, 6) is 2.27. The lowest BCUT2D eigenvalue weighted by molar-refractivity contribution is -0.119. The number of fused-ring (bicyclic) bond motifs is 1. The Morgan fingerprint density at radius 2 is 2.19 bits per heavy atom. The van der Waals surface area contributed by atoms with E-state index in [0.29, 0.717) is 22.8 Å². The summed E-state index contributed by atoms with van der Waals surface area (Å²) in [4.78, 5) is 14.6. The zero-order valence-corrected chi connectivity index (χ0v) is 18.2. The SMILES string of the molecule is CC(C)CC[C@@H](C)NC(=O)CSc1nnc(-c2cc3c(s2)CC[C@H](C)C3)o1. The largest absolute Gasteiger partial charge is 0.410 e. The minimum Gasteiger partial charge on any atom is -0.410 e. The molecule has 0 aromatic carbocycles. The van der Waals surface area contributed by atoms with Crippen LogP contribution in [0.15, 0.2) is 15.7 Å². The quantitative estimate of drug-likeness (QED) is 0.627. The number of thiophene rings is 1. The van der Waals surface area contributed by atoms with Crippen LogP contribution >= 0.6 is 23.1 Å². The Morgan fingerprint density at radius 3 is 2.96 bits per heavy atom. The van der Waals surface area contributed by atoms with Crippen molar-refractivity contribution in [2.75, 3.05) is 5.75 Å². The molecule has 2 aromatic heterocycles. The first-order valence-corrected chi connectivity index (χ1v) is 11.6. The Balaban J connectivity index is 1.50. The molecule has 7 heteroatoms. The Morgan fingerprint density at radius 1 is 1.37 bits per heavy atom. The van der Waals surface area contributed by atoms with Crippen LogP contribution in [0.5, 0.6) is 0 Å². The Kier molecular flexibility index (Phi) is 6.98. The summed E-state index contributed by atoms with van der Waals surface area (Å²) in [6.07, 6.45) is 5.65. The Labute approximate surface area is 169 Å². The van der Waals surface area contributed by atoms with Gasteiger partial charge < -0.3 is 9.73 Å². The monoisotopic (exact) mass is 407 g/mol. The lowest BCUT2D eigenvalue weighted by Gasteiger charge is -2.16. The molecule has 5 nitrogen and oxygen atoms in total. The van der Waals surface area contributed by atoms with E-state index in [4.69, 9.17) is 4.42 Å². The molecular formula is C20H29N3O2S2. The van der Waals surface area contributed by atoms with E-state index in [2.05, 4.69) is 49.3 Å². The van der Waals surface area contributed by atoms with Crippen molar-refractivity contribution in [3.63, 3.8) is 0 Å². The van der Waals surface area contributed by atoms with Crippen LogP contribution in [0, 0.1) is 11.8 Å². The van der Waals surface area contributed by atoms with E-state index < -0.39 is 0 Å². The normalized spacial score (nSPS) is 17.7. The maximum atomic E-state index is 12.1. The van der Waals surface area contributed by atoms with E-state index in [9.17, 15) is 4.79 Å². The summed E-state index contributed by atoms with van der Waals surface area (Å²) in [5, 5.41) is 11.8. The van der Waals surface area contributed by atoms with Crippen LogP contribution in [0.25, 0.3) is 10.8 Å². The maximum Gasteiger partial charge on any atom is 0.277 e. The minimum absolute atomic E-state index is 0.0107. The van der Waals surface area contributed by atoms with E-state index in [1.807, 2.05) is 0 Å².